The first-order chi connectivity index (χ1) is 12.4. The van der Waals surface area contributed by atoms with E-state index in [4.69, 9.17) is 0 Å². The molecule has 2 amide bonds. The van der Waals surface area contributed by atoms with Crippen molar-refractivity contribution in [2.45, 2.75) is 19.0 Å². The van der Waals surface area contributed by atoms with Gasteiger partial charge in [-0.15, -0.1) is 0 Å². The first-order valence-corrected chi connectivity index (χ1v) is 8.11. The molecule has 1 aliphatic rings. The number of halogens is 3. The van der Waals surface area contributed by atoms with Gasteiger partial charge in [0.2, 0.25) is 5.91 Å². The lowest BCUT2D eigenvalue weighted by atomic mass is 9.97. The SMILES string of the molecule is O=C(NN=Cc1c[nH]c2ccccc12)C1CCCN(C(=O)C(F)(F)F)C1. The van der Waals surface area contributed by atoms with Crippen molar-refractivity contribution >= 4 is 28.9 Å². The molecular formula is C17H17F3N4O2. The highest BCUT2D eigenvalue weighted by Crippen LogP contribution is 2.24. The number of alkyl halides is 3. The summed E-state index contributed by atoms with van der Waals surface area (Å²) in [5.41, 5.74) is 4.05. The highest BCUT2D eigenvalue weighted by atomic mass is 19.4. The number of amides is 2. The van der Waals surface area contributed by atoms with Gasteiger partial charge in [0.15, 0.2) is 0 Å². The highest BCUT2D eigenvalue weighted by molar-refractivity contribution is 5.99. The molecule has 1 aromatic carbocycles. The second-order valence-electron chi connectivity index (χ2n) is 6.11. The summed E-state index contributed by atoms with van der Waals surface area (Å²) < 4.78 is 37.6. The van der Waals surface area contributed by atoms with Crippen LogP contribution in [0.25, 0.3) is 10.9 Å². The van der Waals surface area contributed by atoms with E-state index in [-0.39, 0.29) is 13.1 Å². The van der Waals surface area contributed by atoms with Gasteiger partial charge < -0.3 is 9.88 Å². The van der Waals surface area contributed by atoms with Crippen molar-refractivity contribution in [3.8, 4) is 0 Å². The van der Waals surface area contributed by atoms with Crippen LogP contribution >= 0.6 is 0 Å². The minimum atomic E-state index is -4.92. The molecular weight excluding hydrogens is 349 g/mol. The predicted octanol–water partition coefficient (Wildman–Crippen LogP) is 2.42. The van der Waals surface area contributed by atoms with Crippen molar-refractivity contribution in [1.82, 2.24) is 15.3 Å². The number of likely N-dealkylation sites (tertiary alicyclic amines) is 1. The van der Waals surface area contributed by atoms with Gasteiger partial charge in [-0.05, 0) is 18.9 Å². The molecule has 1 aromatic heterocycles. The monoisotopic (exact) mass is 366 g/mol. The molecule has 0 spiro atoms. The van der Waals surface area contributed by atoms with E-state index in [1.54, 1.807) is 6.20 Å². The summed E-state index contributed by atoms with van der Waals surface area (Å²) in [4.78, 5) is 27.2. The molecule has 138 valence electrons. The average molecular weight is 366 g/mol. The molecule has 0 bridgehead atoms. The number of para-hydroxylation sites is 1. The maximum Gasteiger partial charge on any atom is 0.471 e. The number of aromatic amines is 1. The van der Waals surface area contributed by atoms with Crippen LogP contribution in [0.2, 0.25) is 0 Å². The summed E-state index contributed by atoms with van der Waals surface area (Å²) in [6, 6.07) is 7.56. The maximum atomic E-state index is 12.5. The van der Waals surface area contributed by atoms with Gasteiger partial charge in [-0.25, -0.2) is 5.43 Å². The van der Waals surface area contributed by atoms with Crippen LogP contribution in [0.1, 0.15) is 18.4 Å². The molecule has 0 saturated carbocycles. The number of hydrazone groups is 1. The fourth-order valence-electron chi connectivity index (χ4n) is 3.01. The standard InChI is InChI=1S/C17H17F3N4O2/c18-17(19,20)16(26)24-7-3-4-11(10-24)15(25)23-22-9-12-8-21-14-6-2-1-5-13(12)14/h1-2,5-6,8-9,11,21H,3-4,7,10H2,(H,23,25). The molecule has 1 atom stereocenters. The molecule has 1 unspecified atom stereocenters. The Morgan fingerprint density at radius 1 is 1.31 bits per heavy atom. The van der Waals surface area contributed by atoms with E-state index < -0.39 is 23.9 Å². The number of hydrogen-bond acceptors (Lipinski definition) is 3. The number of piperidine rings is 1. The minimum Gasteiger partial charge on any atom is -0.361 e. The smallest absolute Gasteiger partial charge is 0.361 e. The number of nitrogens with zero attached hydrogens (tertiary/aromatic N) is 2. The van der Waals surface area contributed by atoms with Crippen LogP contribution in [0, 0.1) is 5.92 Å². The molecule has 6 nitrogen and oxygen atoms in total. The third-order valence-corrected chi connectivity index (χ3v) is 4.32. The molecule has 2 heterocycles. The zero-order valence-corrected chi connectivity index (χ0v) is 13.7. The Balaban J connectivity index is 1.60. The fraction of sp³-hybridized carbons (Fsp3) is 0.353. The number of benzene rings is 1. The topological polar surface area (TPSA) is 77.6 Å². The minimum absolute atomic E-state index is 0.000725. The molecule has 2 aromatic rings. The van der Waals surface area contributed by atoms with Crippen LogP contribution in [0.4, 0.5) is 13.2 Å². The molecule has 0 radical (unpaired) electrons. The molecule has 26 heavy (non-hydrogen) atoms. The van der Waals surface area contributed by atoms with Crippen molar-refractivity contribution in [3.05, 3.63) is 36.0 Å². The van der Waals surface area contributed by atoms with Gasteiger partial charge in [0.25, 0.3) is 0 Å². The zero-order chi connectivity index (χ0) is 18.7. The molecule has 3 rings (SSSR count). The summed E-state index contributed by atoms with van der Waals surface area (Å²) in [6.07, 6.45) is -0.961. The van der Waals surface area contributed by atoms with E-state index in [1.807, 2.05) is 24.3 Å². The molecule has 1 aliphatic heterocycles. The van der Waals surface area contributed by atoms with E-state index in [9.17, 15) is 22.8 Å². The van der Waals surface area contributed by atoms with Crippen LogP contribution in [0.3, 0.4) is 0 Å². The first kappa shape index (κ1) is 18.0. The molecule has 9 heteroatoms. The van der Waals surface area contributed by atoms with Gasteiger partial charge in [-0.2, -0.15) is 18.3 Å². The highest BCUT2D eigenvalue weighted by Gasteiger charge is 2.44. The second-order valence-corrected chi connectivity index (χ2v) is 6.11. The lowest BCUT2D eigenvalue weighted by Gasteiger charge is -2.31. The Hall–Kier alpha value is -2.84. The number of carbonyl (C=O) groups is 2. The Morgan fingerprint density at radius 3 is 2.85 bits per heavy atom. The number of carbonyl (C=O) groups excluding carboxylic acids is 2. The molecule has 1 fully saturated rings. The summed E-state index contributed by atoms with van der Waals surface area (Å²) in [7, 11) is 0. The number of fused-ring (bicyclic) bond motifs is 1. The normalized spacial score (nSPS) is 18.4. The van der Waals surface area contributed by atoms with Gasteiger partial charge >= 0.3 is 12.1 Å². The van der Waals surface area contributed by atoms with Gasteiger partial charge in [0, 0.05) is 35.8 Å². The van der Waals surface area contributed by atoms with E-state index in [2.05, 4.69) is 15.5 Å². The summed E-state index contributed by atoms with van der Waals surface area (Å²) >= 11 is 0. The molecule has 1 saturated heterocycles. The van der Waals surface area contributed by atoms with Crippen LogP contribution < -0.4 is 5.43 Å². The number of H-pyrrole nitrogens is 1. The van der Waals surface area contributed by atoms with Gasteiger partial charge in [0.05, 0.1) is 12.1 Å². The Morgan fingerprint density at radius 2 is 2.08 bits per heavy atom. The van der Waals surface area contributed by atoms with Gasteiger partial charge in [-0.3, -0.25) is 9.59 Å². The molecule has 2 N–H and O–H groups in total. The van der Waals surface area contributed by atoms with Crippen molar-refractivity contribution in [3.63, 3.8) is 0 Å². The number of hydrogen-bond donors (Lipinski definition) is 2. The van der Waals surface area contributed by atoms with Crippen molar-refractivity contribution in [1.29, 1.82) is 0 Å². The van der Waals surface area contributed by atoms with E-state index in [1.165, 1.54) is 6.21 Å². The Kier molecular flexibility index (Phi) is 4.97. The zero-order valence-electron chi connectivity index (χ0n) is 13.7. The Bertz CT molecular complexity index is 844. The fourth-order valence-corrected chi connectivity index (χ4v) is 3.01. The average Bonchev–Trinajstić information content (AvgIpc) is 3.03. The summed E-state index contributed by atoms with van der Waals surface area (Å²) in [6.45, 7) is -0.256. The van der Waals surface area contributed by atoms with Crippen molar-refractivity contribution in [2.24, 2.45) is 11.0 Å². The second kappa shape index (κ2) is 7.19. The van der Waals surface area contributed by atoms with Crippen LogP contribution in [-0.2, 0) is 9.59 Å². The van der Waals surface area contributed by atoms with Crippen molar-refractivity contribution in [2.75, 3.05) is 13.1 Å². The summed E-state index contributed by atoms with van der Waals surface area (Å²) in [5.74, 6) is -3.12. The molecule has 0 aliphatic carbocycles. The maximum absolute atomic E-state index is 12.5. The quantitative estimate of drug-likeness (QED) is 0.646. The summed E-state index contributed by atoms with van der Waals surface area (Å²) in [5, 5.41) is 4.82. The van der Waals surface area contributed by atoms with Crippen molar-refractivity contribution < 1.29 is 22.8 Å². The lowest BCUT2D eigenvalue weighted by molar-refractivity contribution is -0.187. The van der Waals surface area contributed by atoms with Gasteiger partial charge in [0.1, 0.15) is 0 Å². The van der Waals surface area contributed by atoms with E-state index >= 15 is 0 Å². The Labute approximate surface area is 147 Å². The van der Waals surface area contributed by atoms with E-state index in [0.717, 1.165) is 16.5 Å². The first-order valence-electron chi connectivity index (χ1n) is 8.11. The predicted molar refractivity (Wildman–Crippen MR) is 89.4 cm³/mol. The number of rotatable bonds is 3. The third kappa shape index (κ3) is 3.87. The lowest BCUT2D eigenvalue weighted by Crippen LogP contribution is -2.49. The van der Waals surface area contributed by atoms with Crippen LogP contribution in [-0.4, -0.2) is 47.2 Å². The van der Waals surface area contributed by atoms with Crippen LogP contribution in [0.15, 0.2) is 35.6 Å². The largest absolute Gasteiger partial charge is 0.471 e. The van der Waals surface area contributed by atoms with E-state index in [0.29, 0.717) is 17.7 Å². The van der Waals surface area contributed by atoms with Crippen LogP contribution in [0.5, 0.6) is 0 Å². The number of aromatic nitrogens is 1. The number of nitrogens with one attached hydrogen (secondary N) is 2. The third-order valence-electron chi connectivity index (χ3n) is 4.32. The van der Waals surface area contributed by atoms with Gasteiger partial charge in [-0.1, -0.05) is 18.2 Å².